The van der Waals surface area contributed by atoms with Crippen molar-refractivity contribution in [3.05, 3.63) is 65.2 Å². The van der Waals surface area contributed by atoms with Crippen LogP contribution < -0.4 is 10.2 Å². The second kappa shape index (κ2) is 6.35. The van der Waals surface area contributed by atoms with Crippen molar-refractivity contribution in [3.63, 3.8) is 0 Å². The van der Waals surface area contributed by atoms with Crippen LogP contribution in [-0.4, -0.2) is 20.0 Å². The zero-order valence-corrected chi connectivity index (χ0v) is 11.9. The molecule has 2 rings (SSSR count). The molecule has 0 radical (unpaired) electrons. The van der Waals surface area contributed by atoms with Crippen LogP contribution in [0.5, 0.6) is 0 Å². The molecule has 0 atom stereocenters. The van der Waals surface area contributed by atoms with Gasteiger partial charge in [0.15, 0.2) is 0 Å². The maximum Gasteiger partial charge on any atom is 0.251 e. The number of hydrogen-bond acceptors (Lipinski definition) is 2. The predicted molar refractivity (Wildman–Crippen MR) is 78.3 cm³/mol. The normalized spacial score (nSPS) is 10.3. The van der Waals surface area contributed by atoms with Gasteiger partial charge in [-0.1, -0.05) is 6.07 Å². The van der Waals surface area contributed by atoms with Crippen LogP contribution >= 0.6 is 0 Å². The number of halogens is 2. The largest absolute Gasteiger partial charge is 0.378 e. The van der Waals surface area contributed by atoms with E-state index < -0.39 is 11.6 Å². The van der Waals surface area contributed by atoms with Crippen molar-refractivity contribution in [1.82, 2.24) is 5.32 Å². The molecule has 0 spiro atoms. The molecule has 0 unspecified atom stereocenters. The third-order valence-electron chi connectivity index (χ3n) is 3.10. The average molecular weight is 290 g/mol. The van der Waals surface area contributed by atoms with Crippen molar-refractivity contribution in [3.8, 4) is 0 Å². The summed E-state index contributed by atoms with van der Waals surface area (Å²) in [5.74, 6) is -1.61. The number of nitrogens with zero attached hydrogens (tertiary/aromatic N) is 1. The molecule has 1 N–H and O–H groups in total. The van der Waals surface area contributed by atoms with E-state index in [1.54, 1.807) is 12.1 Å². The fourth-order valence-electron chi connectivity index (χ4n) is 1.85. The van der Waals surface area contributed by atoms with Gasteiger partial charge in [-0.25, -0.2) is 8.78 Å². The minimum Gasteiger partial charge on any atom is -0.378 e. The Morgan fingerprint density at radius 1 is 1.10 bits per heavy atom. The predicted octanol–water partition coefficient (Wildman–Crippen LogP) is 2.96. The monoisotopic (exact) mass is 290 g/mol. The molecule has 0 fully saturated rings. The van der Waals surface area contributed by atoms with Gasteiger partial charge in [0.25, 0.3) is 5.91 Å². The SMILES string of the molecule is CN(C)c1ccc(C(=O)NCc2ccc(F)cc2F)cc1. The van der Waals surface area contributed by atoms with E-state index in [-0.39, 0.29) is 18.0 Å². The molecule has 0 saturated heterocycles. The summed E-state index contributed by atoms with van der Waals surface area (Å²) in [6.07, 6.45) is 0. The van der Waals surface area contributed by atoms with Crippen molar-refractivity contribution in [2.75, 3.05) is 19.0 Å². The second-order valence-corrected chi connectivity index (χ2v) is 4.86. The van der Waals surface area contributed by atoms with Gasteiger partial charge in [-0.3, -0.25) is 4.79 Å². The standard InChI is InChI=1S/C16H16F2N2O/c1-20(2)14-7-4-11(5-8-14)16(21)19-10-12-3-6-13(17)9-15(12)18/h3-9H,10H2,1-2H3,(H,19,21). The van der Waals surface area contributed by atoms with Gasteiger partial charge in [-0.2, -0.15) is 0 Å². The molecule has 0 bridgehead atoms. The lowest BCUT2D eigenvalue weighted by Gasteiger charge is -2.12. The highest BCUT2D eigenvalue weighted by Crippen LogP contribution is 2.13. The quantitative estimate of drug-likeness (QED) is 0.939. The summed E-state index contributed by atoms with van der Waals surface area (Å²) in [7, 11) is 3.82. The molecule has 2 aromatic carbocycles. The van der Waals surface area contributed by atoms with Crippen molar-refractivity contribution in [2.24, 2.45) is 0 Å². The molecule has 0 aliphatic rings. The minimum absolute atomic E-state index is 0.0143. The van der Waals surface area contributed by atoms with E-state index >= 15 is 0 Å². The van der Waals surface area contributed by atoms with Crippen LogP contribution in [0, 0.1) is 11.6 Å². The first-order chi connectivity index (χ1) is 9.97. The number of amides is 1. The van der Waals surface area contributed by atoms with Crippen LogP contribution in [-0.2, 0) is 6.54 Å². The number of anilines is 1. The number of rotatable bonds is 4. The molecule has 0 aliphatic heterocycles. The molecule has 21 heavy (non-hydrogen) atoms. The summed E-state index contributed by atoms with van der Waals surface area (Å²) < 4.78 is 26.2. The summed E-state index contributed by atoms with van der Waals surface area (Å²) in [4.78, 5) is 13.9. The van der Waals surface area contributed by atoms with Crippen molar-refractivity contribution < 1.29 is 13.6 Å². The Labute approximate surface area is 122 Å². The third-order valence-corrected chi connectivity index (χ3v) is 3.10. The summed E-state index contributed by atoms with van der Waals surface area (Å²) in [5, 5.41) is 2.61. The van der Waals surface area contributed by atoms with Gasteiger partial charge >= 0.3 is 0 Å². The fourth-order valence-corrected chi connectivity index (χ4v) is 1.85. The van der Waals surface area contributed by atoms with Crippen LogP contribution in [0.3, 0.4) is 0 Å². The van der Waals surface area contributed by atoms with Crippen molar-refractivity contribution in [1.29, 1.82) is 0 Å². The van der Waals surface area contributed by atoms with Crippen LogP contribution in [0.2, 0.25) is 0 Å². The maximum atomic E-state index is 13.4. The summed E-state index contributed by atoms with van der Waals surface area (Å²) in [6.45, 7) is 0.0143. The highest BCUT2D eigenvalue weighted by molar-refractivity contribution is 5.94. The molecule has 0 aromatic heterocycles. The maximum absolute atomic E-state index is 13.4. The number of carbonyl (C=O) groups is 1. The highest BCUT2D eigenvalue weighted by Gasteiger charge is 2.08. The van der Waals surface area contributed by atoms with E-state index in [2.05, 4.69) is 5.32 Å². The van der Waals surface area contributed by atoms with Crippen LogP contribution in [0.1, 0.15) is 15.9 Å². The summed E-state index contributed by atoms with van der Waals surface area (Å²) >= 11 is 0. The summed E-state index contributed by atoms with van der Waals surface area (Å²) in [6, 6.07) is 10.3. The topological polar surface area (TPSA) is 32.3 Å². The van der Waals surface area contributed by atoms with Gasteiger partial charge in [0, 0.05) is 43.5 Å². The average Bonchev–Trinajstić information content (AvgIpc) is 2.46. The zero-order valence-electron chi connectivity index (χ0n) is 11.9. The van der Waals surface area contributed by atoms with E-state index in [0.29, 0.717) is 5.56 Å². The Balaban J connectivity index is 2.01. The van der Waals surface area contributed by atoms with Crippen molar-refractivity contribution in [2.45, 2.75) is 6.54 Å². The number of nitrogens with one attached hydrogen (secondary N) is 1. The van der Waals surface area contributed by atoms with Gasteiger partial charge < -0.3 is 10.2 Å². The molecule has 2 aromatic rings. The van der Waals surface area contributed by atoms with E-state index in [1.807, 2.05) is 31.1 Å². The van der Waals surface area contributed by atoms with Gasteiger partial charge in [0.1, 0.15) is 11.6 Å². The molecule has 3 nitrogen and oxygen atoms in total. The molecule has 110 valence electrons. The first-order valence-electron chi connectivity index (χ1n) is 6.47. The van der Waals surface area contributed by atoms with Crippen LogP contribution in [0.15, 0.2) is 42.5 Å². The zero-order chi connectivity index (χ0) is 15.4. The number of carbonyl (C=O) groups excluding carboxylic acids is 1. The van der Waals surface area contributed by atoms with Gasteiger partial charge in [0.05, 0.1) is 0 Å². The molecule has 1 amide bonds. The fraction of sp³-hybridized carbons (Fsp3) is 0.188. The Morgan fingerprint density at radius 3 is 2.33 bits per heavy atom. The molecule has 0 saturated carbocycles. The lowest BCUT2D eigenvalue weighted by molar-refractivity contribution is 0.0950. The first-order valence-corrected chi connectivity index (χ1v) is 6.47. The smallest absolute Gasteiger partial charge is 0.251 e. The Morgan fingerprint density at radius 2 is 1.76 bits per heavy atom. The van der Waals surface area contributed by atoms with E-state index in [9.17, 15) is 13.6 Å². The molecule has 5 heteroatoms. The Kier molecular flexibility index (Phi) is 4.52. The van der Waals surface area contributed by atoms with E-state index in [0.717, 1.165) is 17.8 Å². The van der Waals surface area contributed by atoms with Crippen LogP contribution in [0.4, 0.5) is 14.5 Å². The Bertz CT molecular complexity index is 639. The van der Waals surface area contributed by atoms with Gasteiger partial charge in [0.2, 0.25) is 0 Å². The molecular formula is C16H16F2N2O. The van der Waals surface area contributed by atoms with Crippen LogP contribution in [0.25, 0.3) is 0 Å². The molecule has 0 heterocycles. The first kappa shape index (κ1) is 15.0. The third kappa shape index (κ3) is 3.78. The summed E-state index contributed by atoms with van der Waals surface area (Å²) in [5.41, 5.74) is 1.72. The van der Waals surface area contributed by atoms with Crippen molar-refractivity contribution >= 4 is 11.6 Å². The van der Waals surface area contributed by atoms with E-state index in [1.165, 1.54) is 6.07 Å². The number of hydrogen-bond donors (Lipinski definition) is 1. The lowest BCUT2D eigenvalue weighted by Crippen LogP contribution is -2.23. The lowest BCUT2D eigenvalue weighted by atomic mass is 10.1. The molecule has 0 aliphatic carbocycles. The minimum atomic E-state index is -0.668. The molecular weight excluding hydrogens is 274 g/mol. The van der Waals surface area contributed by atoms with Gasteiger partial charge in [-0.15, -0.1) is 0 Å². The van der Waals surface area contributed by atoms with Gasteiger partial charge in [-0.05, 0) is 30.3 Å². The second-order valence-electron chi connectivity index (χ2n) is 4.86. The highest BCUT2D eigenvalue weighted by atomic mass is 19.1. The Hall–Kier alpha value is -2.43. The van der Waals surface area contributed by atoms with E-state index in [4.69, 9.17) is 0 Å². The number of benzene rings is 2.